The Labute approximate surface area is 231 Å². The Morgan fingerprint density at radius 2 is 1.48 bits per heavy atom. The van der Waals surface area contributed by atoms with Crippen molar-refractivity contribution in [1.82, 2.24) is 0 Å². The van der Waals surface area contributed by atoms with Gasteiger partial charge in [-0.15, -0.1) is 0 Å². The van der Waals surface area contributed by atoms with Crippen LogP contribution in [0.25, 0.3) is 0 Å². The van der Waals surface area contributed by atoms with Crippen molar-refractivity contribution >= 4 is 29.2 Å². The lowest BCUT2D eigenvalue weighted by Crippen LogP contribution is -2.37. The number of benzene rings is 4. The summed E-state index contributed by atoms with van der Waals surface area (Å²) in [5.41, 5.74) is 3.22. The molecule has 2 aliphatic rings. The molecule has 0 N–H and O–H groups in total. The second-order valence-corrected chi connectivity index (χ2v) is 9.67. The Balaban J connectivity index is 1.38. The molecule has 6 rings (SSSR count). The molecule has 8 nitrogen and oxygen atoms in total. The maximum atomic E-state index is 13.9. The number of rotatable bonds is 6. The van der Waals surface area contributed by atoms with E-state index < -0.39 is 29.9 Å². The van der Waals surface area contributed by atoms with Crippen LogP contribution in [0.1, 0.15) is 27.5 Å². The number of hydrogen-bond acceptors (Lipinski definition) is 7. The molecule has 8 heteroatoms. The third-order valence-corrected chi connectivity index (χ3v) is 7.13. The van der Waals surface area contributed by atoms with Crippen LogP contribution in [0.15, 0.2) is 103 Å². The molecule has 0 spiro atoms. The second kappa shape index (κ2) is 10.3. The SMILES string of the molecule is COc1cc([C@H]2[C@H]3C(=O)N(c4cccc(C)c4)C(=O)[C@@H]3ON2c2ccccc2)ccc1OC(=O)c1ccccc1. The van der Waals surface area contributed by atoms with Crippen LogP contribution in [-0.2, 0) is 14.4 Å². The molecular weight excluding hydrogens is 508 g/mol. The standard InChI is InChI=1S/C32H26N2O6/c1-20-10-9-15-24(18-20)33-30(35)27-28(34(40-29(27)31(33)36)23-13-7-4-8-14-23)22-16-17-25(26(19-22)38-2)39-32(37)21-11-5-3-6-12-21/h3-19,27-29H,1-2H3/t27-,28+,29-/m1/s1. The number of esters is 1. The average Bonchev–Trinajstić information content (AvgIpc) is 3.49. The van der Waals surface area contributed by atoms with Crippen LogP contribution >= 0.6 is 0 Å². The third kappa shape index (κ3) is 4.38. The van der Waals surface area contributed by atoms with Gasteiger partial charge in [0, 0.05) is 0 Å². The fraction of sp³-hybridized carbons (Fsp3) is 0.156. The smallest absolute Gasteiger partial charge is 0.343 e. The number of hydroxylamine groups is 1. The number of hydrogen-bond donors (Lipinski definition) is 0. The zero-order valence-corrected chi connectivity index (χ0v) is 21.9. The molecule has 40 heavy (non-hydrogen) atoms. The number of methoxy groups -OCH3 is 1. The van der Waals surface area contributed by atoms with Crippen molar-refractivity contribution in [1.29, 1.82) is 0 Å². The molecule has 2 saturated heterocycles. The maximum absolute atomic E-state index is 13.9. The molecule has 0 radical (unpaired) electrons. The molecule has 2 fully saturated rings. The lowest BCUT2D eigenvalue weighted by molar-refractivity contribution is -0.126. The largest absolute Gasteiger partial charge is 0.493 e. The highest BCUT2D eigenvalue weighted by molar-refractivity contribution is 6.24. The average molecular weight is 535 g/mol. The predicted octanol–water partition coefficient (Wildman–Crippen LogP) is 5.27. The van der Waals surface area contributed by atoms with Crippen molar-refractivity contribution < 1.29 is 28.7 Å². The normalized spacial score (nSPS) is 20.0. The molecule has 4 aromatic carbocycles. The molecule has 4 aromatic rings. The highest BCUT2D eigenvalue weighted by atomic mass is 16.7. The van der Waals surface area contributed by atoms with Gasteiger partial charge in [0.15, 0.2) is 17.6 Å². The van der Waals surface area contributed by atoms with Crippen LogP contribution in [0.3, 0.4) is 0 Å². The summed E-state index contributed by atoms with van der Waals surface area (Å²) in [5.74, 6) is -1.54. The zero-order valence-electron chi connectivity index (χ0n) is 21.9. The maximum Gasteiger partial charge on any atom is 0.343 e. The second-order valence-electron chi connectivity index (χ2n) is 9.67. The van der Waals surface area contributed by atoms with Crippen LogP contribution in [0.2, 0.25) is 0 Å². The van der Waals surface area contributed by atoms with Gasteiger partial charge in [-0.1, -0.05) is 54.6 Å². The first-order valence-corrected chi connectivity index (χ1v) is 12.9. The van der Waals surface area contributed by atoms with E-state index in [-0.39, 0.29) is 11.7 Å². The van der Waals surface area contributed by atoms with E-state index in [2.05, 4.69) is 0 Å². The number of carbonyl (C=O) groups excluding carboxylic acids is 3. The number of para-hydroxylation sites is 1. The Kier molecular flexibility index (Phi) is 6.53. The minimum atomic E-state index is -1.00. The first-order chi connectivity index (χ1) is 19.5. The van der Waals surface area contributed by atoms with Gasteiger partial charge in [-0.25, -0.2) is 14.8 Å². The molecular formula is C32H26N2O6. The molecule has 0 bridgehead atoms. The molecule has 2 amide bonds. The number of nitrogens with zero attached hydrogens (tertiary/aromatic N) is 2. The van der Waals surface area contributed by atoms with Crippen LogP contribution in [0.5, 0.6) is 11.5 Å². The van der Waals surface area contributed by atoms with Crippen LogP contribution in [0, 0.1) is 12.8 Å². The first-order valence-electron chi connectivity index (χ1n) is 12.9. The fourth-order valence-corrected chi connectivity index (χ4v) is 5.26. The lowest BCUT2D eigenvalue weighted by Gasteiger charge is -2.29. The van der Waals surface area contributed by atoms with Crippen molar-refractivity contribution in [2.75, 3.05) is 17.1 Å². The summed E-state index contributed by atoms with van der Waals surface area (Å²) in [6.45, 7) is 1.91. The summed E-state index contributed by atoms with van der Waals surface area (Å²) in [6, 6.07) is 29.7. The highest BCUT2D eigenvalue weighted by Crippen LogP contribution is 2.48. The van der Waals surface area contributed by atoms with Gasteiger partial charge in [0.05, 0.1) is 30.1 Å². The van der Waals surface area contributed by atoms with Crippen molar-refractivity contribution in [2.24, 2.45) is 5.92 Å². The van der Waals surface area contributed by atoms with Gasteiger partial charge >= 0.3 is 5.97 Å². The van der Waals surface area contributed by atoms with Gasteiger partial charge in [0.25, 0.3) is 5.91 Å². The van der Waals surface area contributed by atoms with Crippen LogP contribution in [0.4, 0.5) is 11.4 Å². The summed E-state index contributed by atoms with van der Waals surface area (Å²) in [6.07, 6.45) is -1.00. The Bertz CT molecular complexity index is 1590. The van der Waals surface area contributed by atoms with Crippen LogP contribution in [-0.4, -0.2) is 31.0 Å². The van der Waals surface area contributed by atoms with E-state index in [1.807, 2.05) is 55.5 Å². The lowest BCUT2D eigenvalue weighted by atomic mass is 9.90. The molecule has 0 unspecified atom stereocenters. The van der Waals surface area contributed by atoms with Crippen molar-refractivity contribution in [3.63, 3.8) is 0 Å². The molecule has 3 atom stereocenters. The molecule has 200 valence electrons. The summed E-state index contributed by atoms with van der Waals surface area (Å²) in [4.78, 5) is 47.6. The number of fused-ring (bicyclic) bond motifs is 1. The molecule has 0 aromatic heterocycles. The summed E-state index contributed by atoms with van der Waals surface area (Å²) in [7, 11) is 1.48. The van der Waals surface area contributed by atoms with Gasteiger partial charge in [-0.05, 0) is 66.6 Å². The predicted molar refractivity (Wildman–Crippen MR) is 148 cm³/mol. The van der Waals surface area contributed by atoms with Crippen LogP contribution < -0.4 is 19.4 Å². The quantitative estimate of drug-likeness (QED) is 0.189. The number of ether oxygens (including phenoxy) is 2. The van der Waals surface area contributed by atoms with Gasteiger partial charge in [-0.2, -0.15) is 0 Å². The van der Waals surface area contributed by atoms with Crippen molar-refractivity contribution in [3.8, 4) is 11.5 Å². The van der Waals surface area contributed by atoms with Gasteiger partial charge in [0.1, 0.15) is 5.92 Å². The summed E-state index contributed by atoms with van der Waals surface area (Å²) < 4.78 is 11.2. The summed E-state index contributed by atoms with van der Waals surface area (Å²) in [5, 5.41) is 1.61. The Hall–Kier alpha value is -4.95. The van der Waals surface area contributed by atoms with E-state index in [1.54, 1.807) is 59.7 Å². The van der Waals surface area contributed by atoms with Gasteiger partial charge < -0.3 is 9.47 Å². The minimum Gasteiger partial charge on any atom is -0.493 e. The van der Waals surface area contributed by atoms with E-state index in [4.69, 9.17) is 14.3 Å². The van der Waals surface area contributed by atoms with Gasteiger partial charge in [-0.3, -0.25) is 14.4 Å². The zero-order chi connectivity index (χ0) is 27.8. The third-order valence-electron chi connectivity index (χ3n) is 7.13. The van der Waals surface area contributed by atoms with E-state index in [9.17, 15) is 14.4 Å². The van der Waals surface area contributed by atoms with Gasteiger partial charge in [0.2, 0.25) is 5.91 Å². The molecule has 0 saturated carbocycles. The minimum absolute atomic E-state index is 0.233. The summed E-state index contributed by atoms with van der Waals surface area (Å²) >= 11 is 0. The molecule has 2 heterocycles. The highest BCUT2D eigenvalue weighted by Gasteiger charge is 2.60. The number of aryl methyl sites for hydroxylation is 1. The number of imide groups is 1. The Morgan fingerprint density at radius 1 is 0.775 bits per heavy atom. The number of anilines is 2. The van der Waals surface area contributed by atoms with E-state index in [1.165, 1.54) is 12.0 Å². The fourth-order valence-electron chi connectivity index (χ4n) is 5.26. The topological polar surface area (TPSA) is 85.4 Å². The Morgan fingerprint density at radius 3 is 2.17 bits per heavy atom. The van der Waals surface area contributed by atoms with E-state index in [0.29, 0.717) is 28.3 Å². The number of amides is 2. The first kappa shape index (κ1) is 25.3. The monoisotopic (exact) mass is 534 g/mol. The van der Waals surface area contributed by atoms with Crippen molar-refractivity contribution in [3.05, 3.63) is 120 Å². The number of carbonyl (C=O) groups is 3. The molecule has 2 aliphatic heterocycles. The van der Waals surface area contributed by atoms with Crippen molar-refractivity contribution in [2.45, 2.75) is 19.1 Å². The molecule has 0 aliphatic carbocycles. The van der Waals surface area contributed by atoms with E-state index in [0.717, 1.165) is 5.56 Å². The van der Waals surface area contributed by atoms with E-state index >= 15 is 0 Å².